The second-order valence-corrected chi connectivity index (χ2v) is 5.98. The lowest BCUT2D eigenvalue weighted by Gasteiger charge is -2.26. The van der Waals surface area contributed by atoms with Crippen molar-refractivity contribution in [3.05, 3.63) is 29.8 Å². The van der Waals surface area contributed by atoms with Crippen molar-refractivity contribution < 1.29 is 17.7 Å². The van der Waals surface area contributed by atoms with Crippen LogP contribution in [0.1, 0.15) is 12.5 Å². The predicted molar refractivity (Wildman–Crippen MR) is 62.3 cm³/mol. The fourth-order valence-corrected chi connectivity index (χ4v) is 3.79. The minimum Gasteiger partial charge on any atom is -0.373 e. The van der Waals surface area contributed by atoms with Crippen LogP contribution in [0.5, 0.6) is 0 Å². The molecule has 0 aromatic heterocycles. The van der Waals surface area contributed by atoms with Crippen molar-refractivity contribution in [2.24, 2.45) is 0 Å². The van der Waals surface area contributed by atoms with Crippen LogP contribution in [0.2, 0.25) is 0 Å². The Morgan fingerprint density at radius 2 is 1.81 bits per heavy atom. The van der Waals surface area contributed by atoms with E-state index in [2.05, 4.69) is 0 Å². The third kappa shape index (κ3) is 2.49. The van der Waals surface area contributed by atoms with Crippen molar-refractivity contribution >= 4 is 14.0 Å². The number of benzene rings is 1. The molecule has 0 spiro atoms. The molecule has 0 radical (unpaired) electrons. The average Bonchev–Trinajstić information content (AvgIpc) is 2.36. The summed E-state index contributed by atoms with van der Waals surface area (Å²) in [6.45, 7) is 1.12. The summed E-state index contributed by atoms with van der Waals surface area (Å²) in [5.41, 5.74) is 1.06. The fraction of sp³-hybridized carbons (Fsp3) is 0.455. The summed E-state index contributed by atoms with van der Waals surface area (Å²) in [5.74, 6) is 0. The van der Waals surface area contributed by atoms with Gasteiger partial charge in [-0.1, -0.05) is 31.2 Å². The molecule has 5 heteroatoms. The molecule has 16 heavy (non-hydrogen) atoms. The fourth-order valence-electron chi connectivity index (χ4n) is 1.70. The van der Waals surface area contributed by atoms with E-state index in [0.29, 0.717) is 0 Å². The molecule has 0 fully saturated rings. The van der Waals surface area contributed by atoms with Gasteiger partial charge in [0.15, 0.2) is 6.86 Å². The zero-order valence-electron chi connectivity index (χ0n) is 9.83. The van der Waals surface area contributed by atoms with E-state index in [1.54, 1.807) is 0 Å². The zero-order valence-corrected chi connectivity index (χ0v) is 10.8. The lowest BCUT2D eigenvalue weighted by Crippen LogP contribution is -2.56. The summed E-state index contributed by atoms with van der Waals surface area (Å²) >= 11 is 0. The molecule has 3 nitrogen and oxygen atoms in total. The van der Waals surface area contributed by atoms with Gasteiger partial charge in [0, 0.05) is 19.4 Å². The number of hydrogen-bond donors (Lipinski definition) is 0. The van der Waals surface area contributed by atoms with Crippen LogP contribution in [-0.2, 0) is 19.7 Å². The van der Waals surface area contributed by atoms with Crippen LogP contribution in [0.15, 0.2) is 24.3 Å². The van der Waals surface area contributed by atoms with Crippen molar-refractivity contribution in [2.45, 2.75) is 13.3 Å². The molecule has 90 valence electrons. The third-order valence-electron chi connectivity index (χ3n) is 2.51. The lowest BCUT2D eigenvalue weighted by molar-refractivity contribution is 0.0699. The van der Waals surface area contributed by atoms with Gasteiger partial charge in [-0.25, -0.2) is 4.39 Å². The highest BCUT2D eigenvalue weighted by Gasteiger charge is 2.43. The van der Waals surface area contributed by atoms with Crippen LogP contribution in [0.25, 0.3) is 0 Å². The van der Waals surface area contributed by atoms with Gasteiger partial charge in [-0.15, -0.1) is 0 Å². The third-order valence-corrected chi connectivity index (χ3v) is 5.22. The first-order chi connectivity index (χ1) is 7.74. The highest BCUT2D eigenvalue weighted by molar-refractivity contribution is 6.75. The molecule has 0 aliphatic heterocycles. The molecule has 0 bridgehead atoms. The van der Waals surface area contributed by atoms with Crippen LogP contribution in [0, 0.1) is 0 Å². The summed E-state index contributed by atoms with van der Waals surface area (Å²) in [5, 5.41) is 0.833. The Bertz CT molecular complexity index is 329. The van der Waals surface area contributed by atoms with Gasteiger partial charge in [0.1, 0.15) is 0 Å². The minimum absolute atomic E-state index is 0.827. The Morgan fingerprint density at radius 1 is 1.19 bits per heavy atom. The quantitative estimate of drug-likeness (QED) is 0.712. The van der Waals surface area contributed by atoms with Crippen molar-refractivity contribution in [2.75, 3.05) is 21.1 Å². The van der Waals surface area contributed by atoms with Gasteiger partial charge in [0.05, 0.1) is 0 Å². The SMILES string of the molecule is CCc1ccccc1[Si](OC)(OC)OCF. The van der Waals surface area contributed by atoms with Crippen LogP contribution in [0.3, 0.4) is 0 Å². The van der Waals surface area contributed by atoms with Crippen molar-refractivity contribution in [1.29, 1.82) is 0 Å². The molecule has 1 rings (SSSR count). The second kappa shape index (κ2) is 6.10. The molecule has 0 saturated carbocycles. The molecular formula is C11H17FO3Si. The average molecular weight is 244 g/mol. The van der Waals surface area contributed by atoms with E-state index >= 15 is 0 Å². The first-order valence-electron chi connectivity index (χ1n) is 5.12. The second-order valence-electron chi connectivity index (χ2n) is 3.23. The first kappa shape index (κ1) is 13.3. The van der Waals surface area contributed by atoms with Crippen LogP contribution in [0.4, 0.5) is 4.39 Å². The molecule has 0 aliphatic carbocycles. The summed E-state index contributed by atoms with van der Waals surface area (Å²) in [4.78, 5) is 0. The molecule has 0 heterocycles. The Labute approximate surface area is 96.5 Å². The smallest absolute Gasteiger partial charge is 0.373 e. The van der Waals surface area contributed by atoms with Crippen molar-refractivity contribution in [1.82, 2.24) is 0 Å². The Hall–Kier alpha value is -0.753. The number of alkyl halides is 1. The maximum Gasteiger partial charge on any atom is 0.538 e. The normalized spacial score (nSPS) is 11.8. The lowest BCUT2D eigenvalue weighted by atomic mass is 10.2. The van der Waals surface area contributed by atoms with Gasteiger partial charge >= 0.3 is 8.80 Å². The Morgan fingerprint density at radius 3 is 2.31 bits per heavy atom. The highest BCUT2D eigenvalue weighted by atomic mass is 28.4. The van der Waals surface area contributed by atoms with Crippen LogP contribution >= 0.6 is 0 Å². The largest absolute Gasteiger partial charge is 0.538 e. The molecule has 1 aromatic rings. The number of hydrogen-bond acceptors (Lipinski definition) is 3. The molecule has 0 aliphatic rings. The molecule has 0 unspecified atom stereocenters. The standard InChI is InChI=1S/C11H17FO3Si/c1-4-10-7-5-6-8-11(10)16(13-2,14-3)15-9-12/h5-8H,4,9H2,1-3H3. The van der Waals surface area contributed by atoms with Gasteiger partial charge in [-0.2, -0.15) is 0 Å². The zero-order chi connectivity index (χ0) is 12.0. The van der Waals surface area contributed by atoms with E-state index in [0.717, 1.165) is 17.2 Å². The van der Waals surface area contributed by atoms with Gasteiger partial charge in [-0.3, -0.25) is 0 Å². The van der Waals surface area contributed by atoms with Crippen molar-refractivity contribution in [3.8, 4) is 0 Å². The molecule has 0 saturated heterocycles. The first-order valence-corrected chi connectivity index (χ1v) is 6.85. The monoisotopic (exact) mass is 244 g/mol. The highest BCUT2D eigenvalue weighted by Crippen LogP contribution is 2.12. The number of aryl methyl sites for hydroxylation is 1. The number of halogens is 1. The van der Waals surface area contributed by atoms with Crippen LogP contribution < -0.4 is 5.19 Å². The van der Waals surface area contributed by atoms with E-state index in [1.807, 2.05) is 31.2 Å². The molecular weight excluding hydrogens is 227 g/mol. The van der Waals surface area contributed by atoms with E-state index in [-0.39, 0.29) is 0 Å². The number of rotatable bonds is 6. The van der Waals surface area contributed by atoms with Gasteiger partial charge in [-0.05, 0) is 12.0 Å². The molecule has 0 amide bonds. The molecule has 0 atom stereocenters. The van der Waals surface area contributed by atoms with Crippen molar-refractivity contribution in [3.63, 3.8) is 0 Å². The van der Waals surface area contributed by atoms with Gasteiger partial charge in [0.2, 0.25) is 0 Å². The maximum atomic E-state index is 12.4. The predicted octanol–water partition coefficient (Wildman–Crippen LogP) is 1.63. The topological polar surface area (TPSA) is 27.7 Å². The van der Waals surface area contributed by atoms with E-state index in [9.17, 15) is 4.39 Å². The van der Waals surface area contributed by atoms with Gasteiger partial charge in [0.25, 0.3) is 0 Å². The van der Waals surface area contributed by atoms with Crippen LogP contribution in [-0.4, -0.2) is 29.9 Å². The Kier molecular flexibility index (Phi) is 5.07. The van der Waals surface area contributed by atoms with E-state index in [1.165, 1.54) is 14.2 Å². The summed E-state index contributed by atoms with van der Waals surface area (Å²) in [7, 11) is -0.0922. The summed E-state index contributed by atoms with van der Waals surface area (Å²) < 4.78 is 28.1. The summed E-state index contributed by atoms with van der Waals surface area (Å²) in [6, 6.07) is 7.64. The maximum absolute atomic E-state index is 12.4. The Balaban J connectivity index is 3.18. The molecule has 1 aromatic carbocycles. The minimum atomic E-state index is -3.06. The van der Waals surface area contributed by atoms with E-state index < -0.39 is 15.7 Å². The molecule has 0 N–H and O–H groups in total. The van der Waals surface area contributed by atoms with E-state index in [4.69, 9.17) is 13.3 Å². The summed E-state index contributed by atoms with van der Waals surface area (Å²) in [6.07, 6.45) is 0.827. The van der Waals surface area contributed by atoms with Gasteiger partial charge < -0.3 is 13.3 Å².